The van der Waals surface area contributed by atoms with E-state index in [2.05, 4.69) is 39.1 Å². The van der Waals surface area contributed by atoms with Crippen molar-refractivity contribution in [3.8, 4) is 22.2 Å². The molecule has 1 aliphatic rings. The van der Waals surface area contributed by atoms with Crippen LogP contribution in [0.15, 0.2) is 42.9 Å². The number of carbonyl (C=O) groups is 1. The number of aryl methyl sites for hydroxylation is 2. The zero-order valence-electron chi connectivity index (χ0n) is 23.8. The monoisotopic (exact) mass is 588 g/mol. The average molecular weight is 589 g/mol. The van der Waals surface area contributed by atoms with Gasteiger partial charge in [-0.25, -0.2) is 34.1 Å². The lowest BCUT2D eigenvalue weighted by atomic mass is 9.92. The lowest BCUT2D eigenvalue weighted by Crippen LogP contribution is -2.32. The molecule has 10 nitrogen and oxygen atoms in total. The van der Waals surface area contributed by atoms with Gasteiger partial charge in [-0.05, 0) is 49.8 Å². The molecule has 3 heterocycles. The van der Waals surface area contributed by atoms with Crippen LogP contribution < -0.4 is 14.8 Å². The molecule has 1 amide bonds. The first-order valence-electron chi connectivity index (χ1n) is 13.4. The number of rotatable bonds is 6. The molecule has 0 radical (unpaired) electrons. The van der Waals surface area contributed by atoms with Crippen molar-refractivity contribution in [3.05, 3.63) is 60.1 Å². The molecule has 0 spiro atoms. The molecule has 1 N–H and O–H groups in total. The molecule has 2 atom stereocenters. The quantitative estimate of drug-likeness (QED) is 0.232. The Kier molecular flexibility index (Phi) is 7.09. The minimum atomic E-state index is -0.645. The molecule has 0 unspecified atom stereocenters. The van der Waals surface area contributed by atoms with E-state index in [4.69, 9.17) is 19.2 Å². The van der Waals surface area contributed by atoms with Crippen LogP contribution in [0.5, 0.6) is 11.6 Å². The smallest absolute Gasteiger partial charge is 0.412 e. The van der Waals surface area contributed by atoms with E-state index in [1.54, 1.807) is 26.3 Å². The highest BCUT2D eigenvalue weighted by Crippen LogP contribution is 2.42. The number of halogens is 1. The highest BCUT2D eigenvalue weighted by atomic mass is 32.1. The Hall–Kier alpha value is -4.45. The van der Waals surface area contributed by atoms with Crippen molar-refractivity contribution in [1.82, 2.24) is 24.9 Å². The number of benzene rings is 2. The van der Waals surface area contributed by atoms with Gasteiger partial charge in [-0.3, -0.25) is 5.32 Å². The second kappa shape index (κ2) is 10.8. The van der Waals surface area contributed by atoms with E-state index >= 15 is 4.39 Å². The third-order valence-corrected chi connectivity index (χ3v) is 8.19. The van der Waals surface area contributed by atoms with Crippen molar-refractivity contribution in [2.24, 2.45) is 5.41 Å². The SMILES string of the molecule is COc1cnc2c(-c3nc4cc(F)c(O[C@@H]5CC(C)(C)C[C@@H]5OC(=O)Nc5cnc(C)nc5)cc4s3)cc(C)cc2n1. The van der Waals surface area contributed by atoms with Gasteiger partial charge >= 0.3 is 6.09 Å². The minimum absolute atomic E-state index is 0.0833. The first kappa shape index (κ1) is 27.7. The number of ether oxygens (including phenoxy) is 3. The Bertz CT molecular complexity index is 1810. The van der Waals surface area contributed by atoms with Gasteiger partial charge in [-0.15, -0.1) is 11.3 Å². The molecule has 3 aromatic heterocycles. The zero-order valence-corrected chi connectivity index (χ0v) is 24.6. The summed E-state index contributed by atoms with van der Waals surface area (Å²) in [4.78, 5) is 34.6. The number of carbonyl (C=O) groups excluding carboxylic acids is 1. The van der Waals surface area contributed by atoms with Crippen LogP contribution in [0.1, 0.15) is 38.1 Å². The van der Waals surface area contributed by atoms with Crippen molar-refractivity contribution in [2.45, 2.75) is 52.7 Å². The van der Waals surface area contributed by atoms with E-state index < -0.39 is 24.1 Å². The summed E-state index contributed by atoms with van der Waals surface area (Å²) in [6.07, 6.45) is 3.97. The van der Waals surface area contributed by atoms with Gasteiger partial charge in [0.2, 0.25) is 5.88 Å². The molecule has 42 heavy (non-hydrogen) atoms. The third kappa shape index (κ3) is 5.67. The largest absolute Gasteiger partial charge is 0.483 e. The van der Waals surface area contributed by atoms with Crippen molar-refractivity contribution in [1.29, 1.82) is 0 Å². The lowest BCUT2D eigenvalue weighted by molar-refractivity contribution is 0.0399. The second-order valence-electron chi connectivity index (χ2n) is 11.2. The maximum absolute atomic E-state index is 15.4. The van der Waals surface area contributed by atoms with Gasteiger partial charge in [-0.1, -0.05) is 13.8 Å². The van der Waals surface area contributed by atoms with Gasteiger partial charge in [0.05, 0.1) is 52.6 Å². The van der Waals surface area contributed by atoms with Crippen LogP contribution in [0, 0.1) is 25.1 Å². The summed E-state index contributed by atoms with van der Waals surface area (Å²) in [6.45, 7) is 7.86. The molecule has 5 aromatic rings. The van der Waals surface area contributed by atoms with Gasteiger partial charge in [0.1, 0.15) is 23.0 Å². The molecule has 0 saturated heterocycles. The van der Waals surface area contributed by atoms with Crippen LogP contribution in [-0.4, -0.2) is 50.3 Å². The van der Waals surface area contributed by atoms with Crippen LogP contribution in [0.4, 0.5) is 14.9 Å². The summed E-state index contributed by atoms with van der Waals surface area (Å²) in [5.41, 5.74) is 3.92. The lowest BCUT2D eigenvalue weighted by Gasteiger charge is -2.21. The summed E-state index contributed by atoms with van der Waals surface area (Å²) < 4.78 is 33.3. The normalized spacial score (nSPS) is 17.9. The van der Waals surface area contributed by atoms with Gasteiger partial charge in [0, 0.05) is 17.7 Å². The maximum Gasteiger partial charge on any atom is 0.412 e. The van der Waals surface area contributed by atoms with E-state index in [-0.39, 0.29) is 11.2 Å². The minimum Gasteiger partial charge on any atom is -0.483 e. The van der Waals surface area contributed by atoms with Crippen LogP contribution >= 0.6 is 11.3 Å². The fraction of sp³-hybridized carbons (Fsp3) is 0.333. The number of nitrogens with one attached hydrogen (secondary N) is 1. The summed E-state index contributed by atoms with van der Waals surface area (Å²) in [5, 5.41) is 3.34. The highest BCUT2D eigenvalue weighted by molar-refractivity contribution is 7.21. The molecular weight excluding hydrogens is 559 g/mol. The van der Waals surface area contributed by atoms with Crippen molar-refractivity contribution in [3.63, 3.8) is 0 Å². The molecule has 1 fully saturated rings. The summed E-state index contributed by atoms with van der Waals surface area (Å²) in [5.74, 6) is 0.558. The van der Waals surface area contributed by atoms with Crippen LogP contribution in [0.25, 0.3) is 31.8 Å². The van der Waals surface area contributed by atoms with Crippen LogP contribution in [-0.2, 0) is 4.74 Å². The Balaban J connectivity index is 1.26. The Morgan fingerprint density at radius 1 is 1.00 bits per heavy atom. The number of anilines is 1. The zero-order chi connectivity index (χ0) is 29.6. The molecule has 12 heteroatoms. The Labute approximate surface area is 245 Å². The fourth-order valence-electron chi connectivity index (χ4n) is 5.22. The second-order valence-corrected chi connectivity index (χ2v) is 12.2. The van der Waals surface area contributed by atoms with Crippen LogP contribution in [0.3, 0.4) is 0 Å². The molecule has 1 saturated carbocycles. The Morgan fingerprint density at radius 2 is 1.76 bits per heavy atom. The summed E-state index contributed by atoms with van der Waals surface area (Å²) >= 11 is 1.41. The number of hydrogen-bond donors (Lipinski definition) is 1. The number of hydrogen-bond acceptors (Lipinski definition) is 10. The molecule has 1 aliphatic carbocycles. The standard InChI is InChI=1S/C30H29FN6O4S/c1-15-6-18(27-21(7-15)36-26(39-5)14-34-27)28-37-20-8-19(31)22(9-25(20)42-28)40-23-10-30(3,4)11-24(23)41-29(38)35-17-12-32-16(2)33-13-17/h6-9,12-14,23-24H,10-11H2,1-5H3,(H,35,38)/t23-,24+/m1/s1. The number of nitrogens with zero attached hydrogens (tertiary/aromatic N) is 5. The first-order chi connectivity index (χ1) is 20.1. The van der Waals surface area contributed by atoms with Crippen LogP contribution in [0.2, 0.25) is 0 Å². The molecular formula is C30H29FN6O4S. The van der Waals surface area contributed by atoms with Gasteiger partial charge in [-0.2, -0.15) is 0 Å². The molecule has 2 aromatic carbocycles. The molecule has 0 aliphatic heterocycles. The van der Waals surface area contributed by atoms with Gasteiger partial charge in [0.25, 0.3) is 0 Å². The predicted molar refractivity (Wildman–Crippen MR) is 157 cm³/mol. The van der Waals surface area contributed by atoms with E-state index in [0.717, 1.165) is 15.8 Å². The predicted octanol–water partition coefficient (Wildman–Crippen LogP) is 6.65. The summed E-state index contributed by atoms with van der Waals surface area (Å²) in [7, 11) is 1.55. The van der Waals surface area contributed by atoms with E-state index in [1.165, 1.54) is 29.8 Å². The third-order valence-electron chi connectivity index (χ3n) is 7.14. The molecule has 0 bridgehead atoms. The fourth-order valence-corrected chi connectivity index (χ4v) is 6.21. The summed E-state index contributed by atoms with van der Waals surface area (Å²) in [6, 6.07) is 6.96. The van der Waals surface area contributed by atoms with E-state index in [9.17, 15) is 4.79 Å². The van der Waals surface area contributed by atoms with Gasteiger partial charge < -0.3 is 14.2 Å². The maximum atomic E-state index is 15.4. The number of methoxy groups -OCH3 is 1. The number of aromatic nitrogens is 5. The molecule has 6 rings (SSSR count). The number of amides is 1. The van der Waals surface area contributed by atoms with E-state index in [1.807, 2.05) is 19.1 Å². The first-order valence-corrected chi connectivity index (χ1v) is 14.2. The molecule has 216 valence electrons. The van der Waals surface area contributed by atoms with E-state index in [0.29, 0.717) is 51.8 Å². The number of thiazole rings is 1. The van der Waals surface area contributed by atoms with Crippen molar-refractivity contribution < 1.29 is 23.4 Å². The topological polar surface area (TPSA) is 121 Å². The Morgan fingerprint density at radius 3 is 2.52 bits per heavy atom. The van der Waals surface area contributed by atoms with Crippen molar-refractivity contribution in [2.75, 3.05) is 12.4 Å². The average Bonchev–Trinajstić information content (AvgIpc) is 3.47. The van der Waals surface area contributed by atoms with Crippen molar-refractivity contribution >= 4 is 44.4 Å². The highest BCUT2D eigenvalue weighted by Gasteiger charge is 2.43. The number of fused-ring (bicyclic) bond motifs is 2. The van der Waals surface area contributed by atoms with Gasteiger partial charge in [0.15, 0.2) is 11.6 Å².